The fraction of sp³-hybridized carbons (Fsp3) is 0.273. The number of rotatable bonds is 4. The lowest BCUT2D eigenvalue weighted by Gasteiger charge is -2.06. The summed E-state index contributed by atoms with van der Waals surface area (Å²) in [6.07, 6.45) is 2.55. The minimum Gasteiger partial charge on any atom is -0.502 e. The maximum absolute atomic E-state index is 10.8. The molecule has 0 aliphatic heterocycles. The Balaban J connectivity index is 3.35. The van der Waals surface area contributed by atoms with Gasteiger partial charge in [-0.3, -0.25) is 10.1 Å². The smallest absolute Gasteiger partial charge is 0.314 e. The molecule has 0 saturated heterocycles. The number of benzene rings is 1. The molecular formula is C11H13NO3. The SMILES string of the molecule is C=CCc1ccc(CC)c([N+](=O)[O-])c1O. The van der Waals surface area contributed by atoms with E-state index in [-0.39, 0.29) is 11.4 Å². The predicted octanol–water partition coefficient (Wildman–Crippen LogP) is 2.59. The van der Waals surface area contributed by atoms with Crippen molar-refractivity contribution in [3.8, 4) is 5.75 Å². The van der Waals surface area contributed by atoms with Gasteiger partial charge in [-0.15, -0.1) is 6.58 Å². The lowest BCUT2D eigenvalue weighted by Crippen LogP contribution is -1.97. The molecule has 1 rings (SSSR count). The number of aryl methyl sites for hydroxylation is 1. The molecule has 0 saturated carbocycles. The second kappa shape index (κ2) is 4.59. The number of hydrogen-bond acceptors (Lipinski definition) is 3. The van der Waals surface area contributed by atoms with Gasteiger partial charge in [0.25, 0.3) is 0 Å². The highest BCUT2D eigenvalue weighted by Crippen LogP contribution is 2.34. The van der Waals surface area contributed by atoms with E-state index in [2.05, 4.69) is 6.58 Å². The largest absolute Gasteiger partial charge is 0.502 e. The average Bonchev–Trinajstić information content (AvgIpc) is 2.20. The van der Waals surface area contributed by atoms with E-state index in [1.165, 1.54) is 0 Å². The van der Waals surface area contributed by atoms with Crippen molar-refractivity contribution in [2.45, 2.75) is 19.8 Å². The van der Waals surface area contributed by atoms with Crippen molar-refractivity contribution in [2.24, 2.45) is 0 Å². The zero-order valence-electron chi connectivity index (χ0n) is 8.56. The number of nitro groups is 1. The molecule has 4 heteroatoms. The Morgan fingerprint density at radius 3 is 2.60 bits per heavy atom. The van der Waals surface area contributed by atoms with Gasteiger partial charge in [-0.25, -0.2) is 0 Å². The minimum atomic E-state index is -0.541. The van der Waals surface area contributed by atoms with E-state index in [1.807, 2.05) is 6.92 Å². The molecule has 0 aliphatic carbocycles. The third-order valence-corrected chi connectivity index (χ3v) is 2.25. The molecule has 0 fully saturated rings. The molecule has 1 aromatic carbocycles. The topological polar surface area (TPSA) is 63.4 Å². The molecule has 0 aromatic heterocycles. The van der Waals surface area contributed by atoms with Crippen molar-refractivity contribution >= 4 is 5.69 Å². The van der Waals surface area contributed by atoms with E-state index in [4.69, 9.17) is 0 Å². The Morgan fingerprint density at radius 2 is 2.13 bits per heavy atom. The summed E-state index contributed by atoms with van der Waals surface area (Å²) in [5, 5.41) is 20.5. The van der Waals surface area contributed by atoms with Crippen molar-refractivity contribution in [3.05, 3.63) is 46.0 Å². The van der Waals surface area contributed by atoms with Gasteiger partial charge < -0.3 is 5.11 Å². The van der Waals surface area contributed by atoms with E-state index >= 15 is 0 Å². The van der Waals surface area contributed by atoms with Crippen LogP contribution in [0.3, 0.4) is 0 Å². The zero-order chi connectivity index (χ0) is 11.4. The van der Waals surface area contributed by atoms with Gasteiger partial charge in [0.2, 0.25) is 0 Å². The quantitative estimate of drug-likeness (QED) is 0.469. The van der Waals surface area contributed by atoms with Crippen LogP contribution >= 0.6 is 0 Å². The Morgan fingerprint density at radius 1 is 1.53 bits per heavy atom. The Labute approximate surface area is 88.0 Å². The standard InChI is InChI=1S/C11H13NO3/c1-3-5-9-7-6-8(4-2)10(11(9)13)12(14)15/h3,6-7,13H,1,4-5H2,2H3. The summed E-state index contributed by atoms with van der Waals surface area (Å²) in [7, 11) is 0. The number of aromatic hydroxyl groups is 1. The molecular weight excluding hydrogens is 194 g/mol. The molecule has 15 heavy (non-hydrogen) atoms. The van der Waals surface area contributed by atoms with Crippen molar-refractivity contribution in [2.75, 3.05) is 0 Å². The first-order valence-corrected chi connectivity index (χ1v) is 4.70. The third kappa shape index (κ3) is 2.15. The highest BCUT2D eigenvalue weighted by molar-refractivity contribution is 5.56. The van der Waals surface area contributed by atoms with Crippen LogP contribution in [0, 0.1) is 10.1 Å². The van der Waals surface area contributed by atoms with Crippen molar-refractivity contribution in [3.63, 3.8) is 0 Å². The second-order valence-electron chi connectivity index (χ2n) is 3.18. The molecule has 80 valence electrons. The van der Waals surface area contributed by atoms with Crippen LogP contribution in [0.25, 0.3) is 0 Å². The summed E-state index contributed by atoms with van der Waals surface area (Å²) in [4.78, 5) is 10.2. The van der Waals surface area contributed by atoms with Crippen molar-refractivity contribution in [1.29, 1.82) is 0 Å². The molecule has 1 aromatic rings. The molecule has 1 N–H and O–H groups in total. The number of nitrogens with zero attached hydrogens (tertiary/aromatic N) is 1. The van der Waals surface area contributed by atoms with Crippen molar-refractivity contribution < 1.29 is 10.0 Å². The summed E-state index contributed by atoms with van der Waals surface area (Å²) in [6.45, 7) is 5.35. The zero-order valence-corrected chi connectivity index (χ0v) is 8.56. The third-order valence-electron chi connectivity index (χ3n) is 2.25. The van der Waals surface area contributed by atoms with Crippen LogP contribution in [-0.4, -0.2) is 10.0 Å². The van der Waals surface area contributed by atoms with Crippen LogP contribution in [0.2, 0.25) is 0 Å². The number of allylic oxidation sites excluding steroid dienone is 1. The maximum atomic E-state index is 10.8. The molecule has 4 nitrogen and oxygen atoms in total. The molecule has 0 bridgehead atoms. The second-order valence-corrected chi connectivity index (χ2v) is 3.18. The normalized spacial score (nSPS) is 9.93. The Bertz CT molecular complexity index is 399. The van der Waals surface area contributed by atoms with Crippen LogP contribution in [0.5, 0.6) is 5.75 Å². The molecule has 0 radical (unpaired) electrons. The molecule has 0 spiro atoms. The van der Waals surface area contributed by atoms with Gasteiger partial charge in [-0.05, 0) is 12.8 Å². The fourth-order valence-electron chi connectivity index (χ4n) is 1.47. The predicted molar refractivity (Wildman–Crippen MR) is 58.0 cm³/mol. The summed E-state index contributed by atoms with van der Waals surface area (Å²) in [5.74, 6) is -0.237. The number of phenols is 1. The van der Waals surface area contributed by atoms with E-state index in [9.17, 15) is 15.2 Å². The van der Waals surface area contributed by atoms with Crippen LogP contribution in [-0.2, 0) is 12.8 Å². The summed E-state index contributed by atoms with van der Waals surface area (Å²) >= 11 is 0. The highest BCUT2D eigenvalue weighted by atomic mass is 16.6. The maximum Gasteiger partial charge on any atom is 0.314 e. The van der Waals surface area contributed by atoms with Gasteiger partial charge in [0.05, 0.1) is 4.92 Å². The van der Waals surface area contributed by atoms with Gasteiger partial charge in [-0.2, -0.15) is 0 Å². The lowest BCUT2D eigenvalue weighted by molar-refractivity contribution is -0.386. The molecule has 0 heterocycles. The lowest BCUT2D eigenvalue weighted by atomic mass is 10.0. The summed E-state index contributed by atoms with van der Waals surface area (Å²) < 4.78 is 0. The first-order valence-electron chi connectivity index (χ1n) is 4.70. The minimum absolute atomic E-state index is 0.183. The highest BCUT2D eigenvalue weighted by Gasteiger charge is 2.20. The van der Waals surface area contributed by atoms with E-state index < -0.39 is 4.92 Å². The monoisotopic (exact) mass is 207 g/mol. The Kier molecular flexibility index (Phi) is 3.44. The molecule has 0 amide bonds. The fourth-order valence-corrected chi connectivity index (χ4v) is 1.47. The van der Waals surface area contributed by atoms with Gasteiger partial charge in [0.1, 0.15) is 0 Å². The molecule has 0 aliphatic rings. The van der Waals surface area contributed by atoms with Gasteiger partial charge in [0, 0.05) is 11.1 Å². The Hall–Kier alpha value is -1.84. The van der Waals surface area contributed by atoms with Crippen molar-refractivity contribution in [1.82, 2.24) is 0 Å². The first-order chi connectivity index (χ1) is 7.11. The summed E-state index contributed by atoms with van der Waals surface area (Å²) in [6, 6.07) is 3.37. The van der Waals surface area contributed by atoms with Crippen LogP contribution in [0.1, 0.15) is 18.1 Å². The van der Waals surface area contributed by atoms with Crippen LogP contribution in [0.15, 0.2) is 24.8 Å². The molecule has 0 atom stereocenters. The van der Waals surface area contributed by atoms with Gasteiger partial charge in [-0.1, -0.05) is 25.1 Å². The number of phenolic OH excluding ortho intramolecular Hbond substituents is 1. The summed E-state index contributed by atoms with van der Waals surface area (Å²) in [5.41, 5.74) is 0.899. The van der Waals surface area contributed by atoms with E-state index in [0.717, 1.165) is 0 Å². The average molecular weight is 207 g/mol. The van der Waals surface area contributed by atoms with Gasteiger partial charge >= 0.3 is 5.69 Å². The van der Waals surface area contributed by atoms with E-state index in [1.54, 1.807) is 18.2 Å². The first kappa shape index (κ1) is 11.2. The van der Waals surface area contributed by atoms with Gasteiger partial charge in [0.15, 0.2) is 5.75 Å². The van der Waals surface area contributed by atoms with Crippen LogP contribution in [0.4, 0.5) is 5.69 Å². The van der Waals surface area contributed by atoms with Crippen LogP contribution < -0.4 is 0 Å². The molecule has 0 unspecified atom stereocenters. The van der Waals surface area contributed by atoms with E-state index in [0.29, 0.717) is 24.0 Å². The number of nitro benzene ring substituents is 1. The number of hydrogen-bond donors (Lipinski definition) is 1.